The summed E-state index contributed by atoms with van der Waals surface area (Å²) < 4.78 is 0. The molecule has 0 saturated heterocycles. The third kappa shape index (κ3) is 3.13. The average molecular weight is 301 g/mol. The average Bonchev–Trinajstić information content (AvgIpc) is 2.60. The maximum Gasteiger partial charge on any atom is 0.162 e. The zero-order valence-electron chi connectivity index (χ0n) is 12.5. The molecule has 0 amide bonds. The number of allylic oxidation sites excluding steroid dienone is 4. The summed E-state index contributed by atoms with van der Waals surface area (Å²) in [5, 5.41) is 4.19. The molecule has 0 bridgehead atoms. The predicted octanol–water partition coefficient (Wildman–Crippen LogP) is 3.92. The summed E-state index contributed by atoms with van der Waals surface area (Å²) in [5.41, 5.74) is 2.45. The first-order valence-corrected chi connectivity index (χ1v) is 7.06. The van der Waals surface area contributed by atoms with Crippen molar-refractivity contribution in [2.75, 3.05) is 5.32 Å². The molecule has 5 nitrogen and oxygen atoms in total. The van der Waals surface area contributed by atoms with Gasteiger partial charge in [0.2, 0.25) is 0 Å². The fourth-order valence-electron chi connectivity index (χ4n) is 2.14. The number of hydrogen-bond donors (Lipinski definition) is 1. The van der Waals surface area contributed by atoms with Crippen LogP contribution in [0.25, 0.3) is 16.5 Å². The summed E-state index contributed by atoms with van der Waals surface area (Å²) >= 11 is 0. The Morgan fingerprint density at radius 3 is 2.52 bits per heavy atom. The zero-order valence-corrected chi connectivity index (χ0v) is 12.5. The van der Waals surface area contributed by atoms with E-state index >= 15 is 0 Å². The van der Waals surface area contributed by atoms with Gasteiger partial charge in [0.15, 0.2) is 5.82 Å². The molecule has 0 spiro atoms. The van der Waals surface area contributed by atoms with Gasteiger partial charge in [-0.25, -0.2) is 9.97 Å². The monoisotopic (exact) mass is 301 g/mol. The Morgan fingerprint density at radius 2 is 1.78 bits per heavy atom. The molecule has 3 heterocycles. The summed E-state index contributed by atoms with van der Waals surface area (Å²) in [6.07, 6.45) is 12.1. The fraction of sp³-hybridized carbons (Fsp3) is 0. The third-order valence-electron chi connectivity index (χ3n) is 3.22. The van der Waals surface area contributed by atoms with Gasteiger partial charge in [-0.15, -0.1) is 0 Å². The van der Waals surface area contributed by atoms with E-state index in [2.05, 4.69) is 38.4 Å². The first-order valence-electron chi connectivity index (χ1n) is 7.06. The molecule has 0 aromatic carbocycles. The van der Waals surface area contributed by atoms with Gasteiger partial charge < -0.3 is 5.32 Å². The zero-order chi connectivity index (χ0) is 16.1. The molecule has 112 valence electrons. The van der Waals surface area contributed by atoms with Crippen molar-refractivity contribution in [3.05, 3.63) is 80.2 Å². The van der Waals surface area contributed by atoms with Gasteiger partial charge in [-0.2, -0.15) is 0 Å². The standard InChI is InChI=1S/C18H15N5/c1-3-5-13(4-2)17-22-16-12-20-11-8-15(16)18(23-17)21-14-6-9-19-10-7-14/h3-12H,1-2H2,(H,19,21,22,23)/b13-5+. The summed E-state index contributed by atoms with van der Waals surface area (Å²) in [7, 11) is 0. The highest BCUT2D eigenvalue weighted by Crippen LogP contribution is 2.25. The van der Waals surface area contributed by atoms with E-state index in [9.17, 15) is 0 Å². The van der Waals surface area contributed by atoms with E-state index in [1.54, 1.807) is 36.9 Å². The number of pyridine rings is 2. The van der Waals surface area contributed by atoms with E-state index in [0.717, 1.165) is 22.2 Å². The van der Waals surface area contributed by atoms with Gasteiger partial charge in [0, 0.05) is 35.2 Å². The van der Waals surface area contributed by atoms with Gasteiger partial charge in [0.05, 0.1) is 11.7 Å². The topological polar surface area (TPSA) is 63.6 Å². The van der Waals surface area contributed by atoms with E-state index in [1.807, 2.05) is 24.3 Å². The molecule has 0 fully saturated rings. The Morgan fingerprint density at radius 1 is 1.00 bits per heavy atom. The molecule has 0 aliphatic rings. The van der Waals surface area contributed by atoms with Crippen LogP contribution in [0, 0.1) is 0 Å². The van der Waals surface area contributed by atoms with E-state index in [0.29, 0.717) is 11.6 Å². The molecule has 0 unspecified atom stereocenters. The fourth-order valence-corrected chi connectivity index (χ4v) is 2.14. The van der Waals surface area contributed by atoms with Crippen molar-refractivity contribution in [3.8, 4) is 0 Å². The number of nitrogens with one attached hydrogen (secondary N) is 1. The quantitative estimate of drug-likeness (QED) is 0.724. The third-order valence-corrected chi connectivity index (χ3v) is 3.22. The predicted molar refractivity (Wildman–Crippen MR) is 93.2 cm³/mol. The highest BCUT2D eigenvalue weighted by Gasteiger charge is 2.10. The molecule has 0 aliphatic heterocycles. The van der Waals surface area contributed by atoms with E-state index < -0.39 is 0 Å². The number of anilines is 2. The van der Waals surface area contributed by atoms with Crippen LogP contribution in [0.5, 0.6) is 0 Å². The van der Waals surface area contributed by atoms with Gasteiger partial charge in [-0.05, 0) is 18.2 Å². The van der Waals surface area contributed by atoms with Crippen molar-refractivity contribution in [2.45, 2.75) is 0 Å². The highest BCUT2D eigenvalue weighted by molar-refractivity contribution is 5.91. The number of fused-ring (bicyclic) bond motifs is 1. The maximum absolute atomic E-state index is 4.63. The molecule has 0 aliphatic carbocycles. The first kappa shape index (κ1) is 14.6. The van der Waals surface area contributed by atoms with E-state index in [-0.39, 0.29) is 0 Å². The summed E-state index contributed by atoms with van der Waals surface area (Å²) in [4.78, 5) is 17.3. The minimum atomic E-state index is 0.567. The molecule has 3 aromatic rings. The maximum atomic E-state index is 4.63. The minimum absolute atomic E-state index is 0.567. The Balaban J connectivity index is 2.16. The normalized spacial score (nSPS) is 11.2. The Hall–Kier alpha value is -3.34. The lowest BCUT2D eigenvalue weighted by Gasteiger charge is -2.10. The lowest BCUT2D eigenvalue weighted by Crippen LogP contribution is -2.01. The first-order chi connectivity index (χ1) is 11.3. The Bertz CT molecular complexity index is 884. The molecule has 3 aromatic heterocycles. The van der Waals surface area contributed by atoms with Crippen LogP contribution in [-0.2, 0) is 0 Å². The second-order valence-electron chi connectivity index (χ2n) is 4.71. The number of hydrogen-bond acceptors (Lipinski definition) is 5. The molecule has 3 rings (SSSR count). The molecule has 1 N–H and O–H groups in total. The van der Waals surface area contributed by atoms with E-state index in [4.69, 9.17) is 0 Å². The Labute approximate surface area is 134 Å². The van der Waals surface area contributed by atoms with Crippen LogP contribution < -0.4 is 5.32 Å². The molecular formula is C18H15N5. The number of rotatable bonds is 5. The van der Waals surface area contributed by atoms with Crippen molar-refractivity contribution in [1.82, 2.24) is 19.9 Å². The Kier molecular flexibility index (Phi) is 4.20. The molecule has 23 heavy (non-hydrogen) atoms. The van der Waals surface area contributed by atoms with Crippen molar-refractivity contribution in [1.29, 1.82) is 0 Å². The number of aromatic nitrogens is 4. The van der Waals surface area contributed by atoms with Crippen LogP contribution in [0.1, 0.15) is 5.82 Å². The van der Waals surface area contributed by atoms with Crippen molar-refractivity contribution >= 4 is 28.0 Å². The van der Waals surface area contributed by atoms with Crippen LogP contribution in [0.15, 0.2) is 74.4 Å². The molecular weight excluding hydrogens is 286 g/mol. The number of nitrogens with zero attached hydrogens (tertiary/aromatic N) is 4. The van der Waals surface area contributed by atoms with Crippen LogP contribution in [0.3, 0.4) is 0 Å². The van der Waals surface area contributed by atoms with Gasteiger partial charge in [0.1, 0.15) is 5.82 Å². The second kappa shape index (κ2) is 6.62. The summed E-state index contributed by atoms with van der Waals surface area (Å²) in [5.74, 6) is 1.27. The molecule has 0 saturated carbocycles. The summed E-state index contributed by atoms with van der Waals surface area (Å²) in [6, 6.07) is 5.64. The summed E-state index contributed by atoms with van der Waals surface area (Å²) in [6.45, 7) is 7.52. The van der Waals surface area contributed by atoms with Crippen LogP contribution in [-0.4, -0.2) is 19.9 Å². The largest absolute Gasteiger partial charge is 0.340 e. The molecule has 5 heteroatoms. The lowest BCUT2D eigenvalue weighted by molar-refractivity contribution is 1.16. The van der Waals surface area contributed by atoms with Crippen LogP contribution in [0.4, 0.5) is 11.5 Å². The highest BCUT2D eigenvalue weighted by atomic mass is 15.0. The molecule has 0 atom stereocenters. The van der Waals surface area contributed by atoms with Crippen LogP contribution >= 0.6 is 0 Å². The van der Waals surface area contributed by atoms with Crippen LogP contribution in [0.2, 0.25) is 0 Å². The molecule has 0 radical (unpaired) electrons. The lowest BCUT2D eigenvalue weighted by atomic mass is 10.2. The van der Waals surface area contributed by atoms with Crippen molar-refractivity contribution < 1.29 is 0 Å². The minimum Gasteiger partial charge on any atom is -0.340 e. The SMILES string of the molecule is C=C/C=C(\C=C)c1nc(Nc2ccncc2)c2ccncc2n1. The van der Waals surface area contributed by atoms with Gasteiger partial charge in [-0.1, -0.05) is 31.4 Å². The van der Waals surface area contributed by atoms with Gasteiger partial charge >= 0.3 is 0 Å². The van der Waals surface area contributed by atoms with Gasteiger partial charge in [0.25, 0.3) is 0 Å². The second-order valence-corrected chi connectivity index (χ2v) is 4.71. The smallest absolute Gasteiger partial charge is 0.162 e. The van der Waals surface area contributed by atoms with Gasteiger partial charge in [-0.3, -0.25) is 9.97 Å². The van der Waals surface area contributed by atoms with Crippen molar-refractivity contribution in [3.63, 3.8) is 0 Å². The van der Waals surface area contributed by atoms with Crippen molar-refractivity contribution in [2.24, 2.45) is 0 Å². The van der Waals surface area contributed by atoms with E-state index in [1.165, 1.54) is 0 Å².